The molecule has 0 unspecified atom stereocenters. The Morgan fingerprint density at radius 2 is 1.78 bits per heavy atom. The Labute approximate surface area is 264 Å². The van der Waals surface area contributed by atoms with E-state index in [-0.39, 0.29) is 35.2 Å². The van der Waals surface area contributed by atoms with Crippen LogP contribution in [0.1, 0.15) is 63.8 Å². The molecule has 0 aliphatic heterocycles. The van der Waals surface area contributed by atoms with Crippen LogP contribution in [0, 0.1) is 16.0 Å². The van der Waals surface area contributed by atoms with Gasteiger partial charge in [0.2, 0.25) is 0 Å². The lowest BCUT2D eigenvalue weighted by molar-refractivity contribution is -0.384. The molecule has 3 aromatic carbocycles. The number of rotatable bonds is 10. The van der Waals surface area contributed by atoms with Gasteiger partial charge in [-0.15, -0.1) is 11.3 Å². The van der Waals surface area contributed by atoms with E-state index in [4.69, 9.17) is 14.5 Å². The normalized spacial score (nSPS) is 20.6. The molecule has 4 atom stereocenters. The number of esters is 1. The number of nitro groups is 1. The van der Waals surface area contributed by atoms with Crippen LogP contribution >= 0.6 is 11.3 Å². The van der Waals surface area contributed by atoms with Gasteiger partial charge in [-0.2, -0.15) is 0 Å². The Balaban J connectivity index is 1.10. The second-order valence-corrected chi connectivity index (χ2v) is 12.6. The Bertz CT molecular complexity index is 1830. The van der Waals surface area contributed by atoms with Gasteiger partial charge in [0, 0.05) is 18.1 Å². The first-order chi connectivity index (χ1) is 22.0. The van der Waals surface area contributed by atoms with E-state index < -0.39 is 10.9 Å². The first kappa shape index (κ1) is 29.1. The third-order valence-corrected chi connectivity index (χ3v) is 9.90. The molecule has 2 aliphatic rings. The van der Waals surface area contributed by atoms with Gasteiger partial charge in [0.05, 0.1) is 40.0 Å². The number of ether oxygens (including phenoxy) is 2. The highest BCUT2D eigenvalue weighted by Crippen LogP contribution is 2.45. The van der Waals surface area contributed by atoms with Crippen molar-refractivity contribution in [1.29, 1.82) is 0 Å². The molecule has 5 aromatic rings. The van der Waals surface area contributed by atoms with Crippen LogP contribution in [0.25, 0.3) is 10.2 Å². The summed E-state index contributed by atoms with van der Waals surface area (Å²) in [5, 5.41) is 16.9. The van der Waals surface area contributed by atoms with E-state index >= 15 is 0 Å². The molecule has 10 heteroatoms. The minimum atomic E-state index is -0.496. The van der Waals surface area contributed by atoms with Crippen LogP contribution < -0.4 is 5.32 Å². The fraction of sp³-hybridized carbons (Fsp3) is 0.286. The monoisotopic (exact) mass is 620 g/mol. The highest BCUT2D eigenvalue weighted by atomic mass is 32.1. The van der Waals surface area contributed by atoms with Crippen molar-refractivity contribution in [3.63, 3.8) is 0 Å². The van der Waals surface area contributed by atoms with Crippen LogP contribution in [-0.2, 0) is 22.5 Å². The number of hydrogen-bond donors (Lipinski definition) is 1. The number of carbonyl (C=O) groups is 1. The van der Waals surface area contributed by atoms with Crippen molar-refractivity contribution in [1.82, 2.24) is 9.97 Å². The molecule has 0 amide bonds. The van der Waals surface area contributed by atoms with Crippen LogP contribution in [0.5, 0.6) is 0 Å². The summed E-state index contributed by atoms with van der Waals surface area (Å²) < 4.78 is 13.2. The van der Waals surface area contributed by atoms with Crippen molar-refractivity contribution in [3.8, 4) is 0 Å². The minimum absolute atomic E-state index is 0.0231. The predicted octanol–water partition coefficient (Wildman–Crippen LogP) is 7.63. The highest BCUT2D eigenvalue weighted by molar-refractivity contribution is 7.18. The summed E-state index contributed by atoms with van der Waals surface area (Å²) in [4.78, 5) is 33.1. The molecular weight excluding hydrogens is 588 g/mol. The first-order valence-corrected chi connectivity index (χ1v) is 16.0. The lowest BCUT2D eigenvalue weighted by atomic mass is 9.98. The molecule has 9 nitrogen and oxygen atoms in total. The van der Waals surface area contributed by atoms with Crippen LogP contribution in [0.4, 0.5) is 11.5 Å². The number of nitrogens with zero attached hydrogens (tertiary/aromatic N) is 3. The molecule has 2 heterocycles. The zero-order valence-corrected chi connectivity index (χ0v) is 25.3. The van der Waals surface area contributed by atoms with Crippen molar-refractivity contribution in [2.24, 2.45) is 5.92 Å². The maximum Gasteiger partial charge on any atom is 0.338 e. The average Bonchev–Trinajstić information content (AvgIpc) is 3.79. The number of thiophene rings is 1. The van der Waals surface area contributed by atoms with Gasteiger partial charge < -0.3 is 14.8 Å². The fourth-order valence-corrected chi connectivity index (χ4v) is 7.68. The number of nitro benzene ring substituents is 1. The summed E-state index contributed by atoms with van der Waals surface area (Å²) in [5.74, 6) is 0.447. The summed E-state index contributed by atoms with van der Waals surface area (Å²) in [5.41, 5.74) is 6.06. The molecule has 0 bridgehead atoms. The van der Waals surface area contributed by atoms with E-state index in [9.17, 15) is 14.9 Å². The van der Waals surface area contributed by atoms with Gasteiger partial charge >= 0.3 is 5.97 Å². The average molecular weight is 621 g/mol. The van der Waals surface area contributed by atoms with E-state index in [1.54, 1.807) is 17.7 Å². The molecule has 0 spiro atoms. The molecular formula is C35H32N4O5S. The van der Waals surface area contributed by atoms with Crippen molar-refractivity contribution < 1.29 is 19.2 Å². The van der Waals surface area contributed by atoms with E-state index in [1.165, 1.54) is 35.4 Å². The number of benzene rings is 3. The maximum absolute atomic E-state index is 13.2. The van der Waals surface area contributed by atoms with Crippen molar-refractivity contribution in [2.45, 2.75) is 50.4 Å². The minimum Gasteiger partial charge on any atom is -0.458 e. The highest BCUT2D eigenvalue weighted by Gasteiger charge is 2.39. The van der Waals surface area contributed by atoms with Gasteiger partial charge in [0.25, 0.3) is 5.69 Å². The van der Waals surface area contributed by atoms with E-state index in [2.05, 4.69) is 39.9 Å². The molecule has 2 aliphatic carbocycles. The van der Waals surface area contributed by atoms with Gasteiger partial charge in [0.15, 0.2) is 0 Å². The molecule has 1 fully saturated rings. The number of non-ortho nitro benzene ring substituents is 1. The Hall–Kier alpha value is -4.67. The van der Waals surface area contributed by atoms with Gasteiger partial charge in [-0.25, -0.2) is 14.8 Å². The summed E-state index contributed by atoms with van der Waals surface area (Å²) in [6, 6.07) is 24.3. The van der Waals surface area contributed by atoms with Crippen LogP contribution in [0.2, 0.25) is 0 Å². The van der Waals surface area contributed by atoms with Crippen molar-refractivity contribution in [2.75, 3.05) is 11.9 Å². The van der Waals surface area contributed by atoms with Crippen LogP contribution in [-0.4, -0.2) is 33.6 Å². The summed E-state index contributed by atoms with van der Waals surface area (Å²) in [6.45, 7) is 0.910. The number of hydrogen-bond acceptors (Lipinski definition) is 9. The summed E-state index contributed by atoms with van der Waals surface area (Å²) in [6.07, 6.45) is 4.74. The Morgan fingerprint density at radius 1 is 0.978 bits per heavy atom. The second kappa shape index (κ2) is 12.7. The number of nitrogens with one attached hydrogen (secondary N) is 1. The number of fused-ring (bicyclic) bond motifs is 2. The summed E-state index contributed by atoms with van der Waals surface area (Å²) >= 11 is 1.64. The number of anilines is 1. The largest absolute Gasteiger partial charge is 0.458 e. The van der Waals surface area contributed by atoms with Gasteiger partial charge in [-0.05, 0) is 71.4 Å². The fourth-order valence-electron chi connectivity index (χ4n) is 6.62. The van der Waals surface area contributed by atoms with Crippen molar-refractivity contribution >= 4 is 39.0 Å². The second-order valence-electron chi connectivity index (χ2n) is 11.7. The van der Waals surface area contributed by atoms with Gasteiger partial charge in [-0.3, -0.25) is 10.1 Å². The third kappa shape index (κ3) is 6.16. The van der Waals surface area contributed by atoms with E-state index in [0.29, 0.717) is 19.6 Å². The standard InChI is InChI=1S/C35H32N4O5S/c40-35(24-10-13-27(14-11-24)39(41)42)44-31-17-25(16-26(31)19-43-18-22-6-2-1-3-7-22)29-20-45-33-32(29)36-21-37-34(33)38-30-15-12-23-8-4-5-9-28(23)30/h1-11,13-14,20-21,25-26,30-31H,12,15-19H2,(H,36,37,38)/t25-,26+,30+,31+/m1/s1. The molecule has 45 heavy (non-hydrogen) atoms. The molecule has 228 valence electrons. The number of aromatic nitrogens is 2. The number of aryl methyl sites for hydroxylation is 1. The molecule has 0 saturated heterocycles. The number of carbonyl (C=O) groups excluding carboxylic acids is 1. The first-order valence-electron chi connectivity index (χ1n) is 15.2. The quantitative estimate of drug-likeness (QED) is 0.0962. The lowest BCUT2D eigenvalue weighted by Crippen LogP contribution is -2.25. The topological polar surface area (TPSA) is 116 Å². The molecule has 7 rings (SSSR count). The molecule has 1 N–H and O–H groups in total. The van der Waals surface area contributed by atoms with Crippen LogP contribution in [0.3, 0.4) is 0 Å². The van der Waals surface area contributed by atoms with Gasteiger partial charge in [0.1, 0.15) is 18.2 Å². The summed E-state index contributed by atoms with van der Waals surface area (Å²) in [7, 11) is 0. The zero-order chi connectivity index (χ0) is 30.8. The lowest BCUT2D eigenvalue weighted by Gasteiger charge is -2.20. The molecule has 1 saturated carbocycles. The molecule has 0 radical (unpaired) electrons. The molecule has 2 aromatic heterocycles. The Morgan fingerprint density at radius 3 is 2.60 bits per heavy atom. The predicted molar refractivity (Wildman–Crippen MR) is 172 cm³/mol. The smallest absolute Gasteiger partial charge is 0.338 e. The van der Waals surface area contributed by atoms with Gasteiger partial charge in [-0.1, -0.05) is 54.6 Å². The Kier molecular flexibility index (Phi) is 8.23. The maximum atomic E-state index is 13.2. The van der Waals surface area contributed by atoms with E-state index in [0.717, 1.165) is 46.4 Å². The van der Waals surface area contributed by atoms with Crippen LogP contribution in [0.15, 0.2) is 90.6 Å². The van der Waals surface area contributed by atoms with E-state index in [1.807, 2.05) is 30.3 Å². The third-order valence-electron chi connectivity index (χ3n) is 8.91. The SMILES string of the molecule is O=C(O[C@H]1C[C@H](c2csc3c(N[C@H]4CCc5ccccc54)ncnc23)C[C@H]1COCc1ccccc1)c1ccc([N+](=O)[O-])cc1. The zero-order valence-electron chi connectivity index (χ0n) is 24.5. The van der Waals surface area contributed by atoms with Crippen molar-refractivity contribution in [3.05, 3.63) is 129 Å².